The first-order chi connectivity index (χ1) is 13.4. The zero-order valence-corrected chi connectivity index (χ0v) is 15.4. The van der Waals surface area contributed by atoms with E-state index in [0.29, 0.717) is 36.5 Å². The highest BCUT2D eigenvalue weighted by atomic mass is 19.1. The van der Waals surface area contributed by atoms with Crippen LogP contribution in [0.1, 0.15) is 21.7 Å². The molecule has 0 spiro atoms. The molecule has 3 aromatic rings. The smallest absolute Gasteiger partial charge is 0.267 e. The van der Waals surface area contributed by atoms with Crippen molar-refractivity contribution in [3.8, 4) is 0 Å². The van der Waals surface area contributed by atoms with Crippen molar-refractivity contribution in [2.45, 2.75) is 13.5 Å². The second kappa shape index (κ2) is 7.04. The maximum Gasteiger partial charge on any atom is 0.267 e. The minimum atomic E-state index is -0.751. The minimum absolute atomic E-state index is 0.0833. The molecule has 0 atom stereocenters. The van der Waals surface area contributed by atoms with E-state index in [9.17, 15) is 14.0 Å². The highest BCUT2D eigenvalue weighted by Gasteiger charge is 2.21. The molecule has 9 nitrogen and oxygen atoms in total. The zero-order chi connectivity index (χ0) is 19.8. The van der Waals surface area contributed by atoms with Crippen LogP contribution in [0.3, 0.4) is 0 Å². The first kappa shape index (κ1) is 18.1. The average molecular weight is 385 g/mol. The minimum Gasteiger partial charge on any atom is -0.365 e. The first-order valence-corrected chi connectivity index (χ1v) is 8.92. The second-order valence-electron chi connectivity index (χ2n) is 6.87. The third kappa shape index (κ3) is 3.46. The van der Waals surface area contributed by atoms with Gasteiger partial charge in [-0.1, -0.05) is 0 Å². The number of nitrogens with zero attached hydrogens (tertiary/aromatic N) is 5. The van der Waals surface area contributed by atoms with Crippen molar-refractivity contribution < 1.29 is 9.18 Å². The highest BCUT2D eigenvalue weighted by Crippen LogP contribution is 2.20. The van der Waals surface area contributed by atoms with E-state index in [2.05, 4.69) is 20.0 Å². The van der Waals surface area contributed by atoms with Crippen molar-refractivity contribution in [1.82, 2.24) is 24.5 Å². The number of rotatable bonds is 4. The number of H-pyrrole nitrogens is 1. The van der Waals surface area contributed by atoms with Crippen molar-refractivity contribution >= 4 is 17.2 Å². The van der Waals surface area contributed by atoms with E-state index in [4.69, 9.17) is 5.73 Å². The van der Waals surface area contributed by atoms with Crippen LogP contribution < -0.4 is 16.2 Å². The molecule has 3 aromatic heterocycles. The number of nitrogens with two attached hydrogens (primary N) is 1. The van der Waals surface area contributed by atoms with Crippen molar-refractivity contribution in [3.05, 3.63) is 57.6 Å². The third-order valence-corrected chi connectivity index (χ3v) is 4.88. The molecule has 28 heavy (non-hydrogen) atoms. The van der Waals surface area contributed by atoms with Crippen molar-refractivity contribution in [3.63, 3.8) is 0 Å². The van der Waals surface area contributed by atoms with E-state index in [1.165, 1.54) is 6.07 Å². The van der Waals surface area contributed by atoms with Crippen LogP contribution in [0.5, 0.6) is 0 Å². The van der Waals surface area contributed by atoms with Gasteiger partial charge in [0.1, 0.15) is 11.3 Å². The number of hydrogen-bond acceptors (Lipinski definition) is 6. The molecule has 0 radical (unpaired) electrons. The largest absolute Gasteiger partial charge is 0.365 e. The molecule has 0 unspecified atom stereocenters. The van der Waals surface area contributed by atoms with E-state index < -0.39 is 11.9 Å². The summed E-state index contributed by atoms with van der Waals surface area (Å²) < 4.78 is 15.9. The second-order valence-corrected chi connectivity index (χ2v) is 6.87. The number of pyridine rings is 1. The van der Waals surface area contributed by atoms with Gasteiger partial charge in [0.15, 0.2) is 0 Å². The van der Waals surface area contributed by atoms with Crippen LogP contribution in [0.2, 0.25) is 0 Å². The van der Waals surface area contributed by atoms with Crippen LogP contribution in [0, 0.1) is 12.9 Å². The molecule has 10 heteroatoms. The summed E-state index contributed by atoms with van der Waals surface area (Å²) in [6.07, 6.45) is 1.71. The molecule has 1 fully saturated rings. The number of aromatic amines is 1. The Bertz CT molecular complexity index is 1100. The van der Waals surface area contributed by atoms with Crippen LogP contribution in [0.15, 0.2) is 29.2 Å². The fourth-order valence-electron chi connectivity index (χ4n) is 3.35. The summed E-state index contributed by atoms with van der Waals surface area (Å²) in [4.78, 5) is 33.4. The number of carbonyl (C=O) groups excluding carboxylic acids is 1. The van der Waals surface area contributed by atoms with Crippen LogP contribution >= 0.6 is 0 Å². The summed E-state index contributed by atoms with van der Waals surface area (Å²) >= 11 is 0. The van der Waals surface area contributed by atoms with Gasteiger partial charge in [0.2, 0.25) is 5.95 Å². The van der Waals surface area contributed by atoms with E-state index in [1.807, 2.05) is 11.0 Å². The number of primary amides is 1. The lowest BCUT2D eigenvalue weighted by atomic mass is 10.2. The van der Waals surface area contributed by atoms with Crippen molar-refractivity contribution in [1.29, 1.82) is 0 Å². The normalized spacial score (nSPS) is 15.3. The molecule has 1 amide bonds. The monoisotopic (exact) mass is 385 g/mol. The van der Waals surface area contributed by atoms with Crippen LogP contribution in [-0.4, -0.2) is 56.6 Å². The number of carbonyl (C=O) groups is 1. The Labute approximate surface area is 159 Å². The van der Waals surface area contributed by atoms with Gasteiger partial charge in [-0.05, 0) is 19.1 Å². The quantitative estimate of drug-likeness (QED) is 0.624. The van der Waals surface area contributed by atoms with Gasteiger partial charge >= 0.3 is 0 Å². The van der Waals surface area contributed by atoms with E-state index in [1.54, 1.807) is 23.7 Å². The maximum atomic E-state index is 14.2. The number of aromatic nitrogens is 4. The van der Waals surface area contributed by atoms with Crippen molar-refractivity contribution in [2.75, 3.05) is 31.1 Å². The number of fused-ring (bicyclic) bond motifs is 1. The number of piperazine rings is 1. The van der Waals surface area contributed by atoms with E-state index in [-0.39, 0.29) is 11.3 Å². The van der Waals surface area contributed by atoms with Gasteiger partial charge in [0.05, 0.1) is 11.4 Å². The maximum absolute atomic E-state index is 14.2. The number of halogens is 1. The standard InChI is InChI=1S/C18H20FN7O2/c1-11-9-26-15(22-18(11)28)8-12(23-26)10-24-4-6-25(7-5-24)14-3-2-13(17(20)27)21-16(14)19/h2-3,8-9H,4-7,10H2,1H3,(H2,20,27)(H,22,28). The van der Waals surface area contributed by atoms with Gasteiger partial charge < -0.3 is 15.6 Å². The SMILES string of the molecule is Cc1cn2nc(CN3CCN(c4ccc(C(N)=O)nc4F)CC3)cc2[nH]c1=O. The summed E-state index contributed by atoms with van der Waals surface area (Å²) in [5.74, 6) is -1.44. The van der Waals surface area contributed by atoms with Gasteiger partial charge in [-0.15, -0.1) is 0 Å². The van der Waals surface area contributed by atoms with Gasteiger partial charge in [-0.25, -0.2) is 9.50 Å². The lowest BCUT2D eigenvalue weighted by Crippen LogP contribution is -2.46. The molecule has 1 saturated heterocycles. The lowest BCUT2D eigenvalue weighted by molar-refractivity contribution is 0.0994. The Morgan fingerprint density at radius 1 is 1.29 bits per heavy atom. The first-order valence-electron chi connectivity index (χ1n) is 8.92. The lowest BCUT2D eigenvalue weighted by Gasteiger charge is -2.35. The molecule has 146 valence electrons. The third-order valence-electron chi connectivity index (χ3n) is 4.88. The molecule has 4 heterocycles. The molecule has 0 aliphatic carbocycles. The van der Waals surface area contributed by atoms with Gasteiger partial charge in [0.25, 0.3) is 11.5 Å². The van der Waals surface area contributed by atoms with Gasteiger partial charge in [-0.3, -0.25) is 14.5 Å². The molecule has 3 N–H and O–H groups in total. The fraction of sp³-hybridized carbons (Fsp3) is 0.333. The summed E-state index contributed by atoms with van der Waals surface area (Å²) in [6.45, 7) is 5.07. The number of hydrogen-bond donors (Lipinski definition) is 2. The molecule has 1 aliphatic heterocycles. The summed E-state index contributed by atoms with van der Waals surface area (Å²) in [5.41, 5.74) is 7.41. The van der Waals surface area contributed by atoms with Gasteiger partial charge in [-0.2, -0.15) is 9.49 Å². The van der Waals surface area contributed by atoms with Crippen LogP contribution in [0.4, 0.5) is 10.1 Å². The Hall–Kier alpha value is -3.27. The summed E-state index contributed by atoms with van der Waals surface area (Å²) in [5, 5.41) is 4.50. The van der Waals surface area contributed by atoms with E-state index in [0.717, 1.165) is 18.8 Å². The molecular formula is C18H20FN7O2. The average Bonchev–Trinajstić information content (AvgIpc) is 3.03. The number of amides is 1. The predicted molar refractivity (Wildman–Crippen MR) is 101 cm³/mol. The fourth-order valence-corrected chi connectivity index (χ4v) is 3.35. The Morgan fingerprint density at radius 2 is 2.04 bits per heavy atom. The number of aryl methyl sites for hydroxylation is 1. The highest BCUT2D eigenvalue weighted by molar-refractivity contribution is 5.90. The van der Waals surface area contributed by atoms with E-state index >= 15 is 0 Å². The van der Waals surface area contributed by atoms with Crippen LogP contribution in [0.25, 0.3) is 5.65 Å². The number of anilines is 1. The Morgan fingerprint density at radius 3 is 2.71 bits per heavy atom. The number of nitrogens with one attached hydrogen (secondary N) is 1. The molecular weight excluding hydrogens is 365 g/mol. The molecule has 0 bridgehead atoms. The van der Waals surface area contributed by atoms with Crippen molar-refractivity contribution in [2.24, 2.45) is 5.73 Å². The zero-order valence-electron chi connectivity index (χ0n) is 15.4. The molecule has 1 aliphatic rings. The Balaban J connectivity index is 1.42. The van der Waals surface area contributed by atoms with Gasteiger partial charge in [0, 0.05) is 50.6 Å². The summed E-state index contributed by atoms with van der Waals surface area (Å²) in [7, 11) is 0. The summed E-state index contributed by atoms with van der Waals surface area (Å²) in [6, 6.07) is 4.84. The van der Waals surface area contributed by atoms with Crippen LogP contribution in [-0.2, 0) is 6.54 Å². The molecule has 0 saturated carbocycles. The predicted octanol–water partition coefficient (Wildman–Crippen LogP) is 0.286. The Kier molecular flexibility index (Phi) is 4.55. The molecule has 0 aromatic carbocycles. The molecule has 4 rings (SSSR count). The topological polar surface area (TPSA) is 113 Å².